The van der Waals surface area contributed by atoms with E-state index in [1.54, 1.807) is 7.11 Å². The Morgan fingerprint density at radius 2 is 1.92 bits per heavy atom. The van der Waals surface area contributed by atoms with Gasteiger partial charge in [-0.05, 0) is 43.0 Å². The van der Waals surface area contributed by atoms with E-state index in [9.17, 15) is 5.11 Å². The van der Waals surface area contributed by atoms with E-state index in [-0.39, 0.29) is 18.2 Å². The molecule has 0 fully saturated rings. The van der Waals surface area contributed by atoms with Crippen LogP contribution in [0.15, 0.2) is 36.4 Å². The van der Waals surface area contributed by atoms with E-state index < -0.39 is 0 Å². The Morgan fingerprint density at radius 3 is 2.56 bits per heavy atom. The summed E-state index contributed by atoms with van der Waals surface area (Å²) in [6.45, 7) is 2.86. The molecule has 1 heterocycles. The normalized spacial score (nSPS) is 20.0. The zero-order valence-electron chi connectivity index (χ0n) is 14.8. The molecule has 1 unspecified atom stereocenters. The number of aliphatic hydroxyl groups excluding tert-OH is 1. The number of rotatable bonds is 5. The number of aliphatic hydroxyl groups is 1. The van der Waals surface area contributed by atoms with Crippen molar-refractivity contribution in [3.63, 3.8) is 0 Å². The van der Waals surface area contributed by atoms with Crippen LogP contribution in [0.4, 0.5) is 0 Å². The molecule has 0 amide bonds. The zero-order valence-corrected chi connectivity index (χ0v) is 14.8. The molecule has 1 aliphatic heterocycles. The van der Waals surface area contributed by atoms with Gasteiger partial charge in [0.15, 0.2) is 0 Å². The van der Waals surface area contributed by atoms with Crippen LogP contribution < -0.4 is 14.8 Å². The van der Waals surface area contributed by atoms with Crippen LogP contribution in [-0.4, -0.2) is 30.5 Å². The number of benzene rings is 2. The number of methoxy groups -OCH3 is 1. The summed E-state index contributed by atoms with van der Waals surface area (Å²) in [5, 5.41) is 13.7. The Hall–Kier alpha value is -2.04. The number of hydrogen-bond donors (Lipinski definition) is 2. The van der Waals surface area contributed by atoms with E-state index in [2.05, 4.69) is 42.6 Å². The molecule has 2 N–H and O–H groups in total. The molecule has 0 radical (unpaired) electrons. The summed E-state index contributed by atoms with van der Waals surface area (Å²) < 4.78 is 11.5. The third-order valence-electron chi connectivity index (χ3n) is 5.41. The summed E-state index contributed by atoms with van der Waals surface area (Å²) in [6, 6.07) is 12.5. The van der Waals surface area contributed by atoms with Gasteiger partial charge in [-0.25, -0.2) is 0 Å². The molecular weight excluding hydrogens is 314 g/mol. The maximum atomic E-state index is 10.1. The Balaban J connectivity index is 1.56. The summed E-state index contributed by atoms with van der Waals surface area (Å²) in [5.74, 6) is 1.84. The lowest BCUT2D eigenvalue weighted by Crippen LogP contribution is -2.49. The van der Waals surface area contributed by atoms with E-state index in [0.29, 0.717) is 6.54 Å². The zero-order chi connectivity index (χ0) is 17.4. The van der Waals surface area contributed by atoms with Crippen LogP contribution in [0.5, 0.6) is 11.5 Å². The van der Waals surface area contributed by atoms with E-state index in [4.69, 9.17) is 9.47 Å². The Labute approximate surface area is 148 Å². The molecule has 2 aliphatic rings. The van der Waals surface area contributed by atoms with E-state index >= 15 is 0 Å². The van der Waals surface area contributed by atoms with Crippen molar-refractivity contribution in [3.8, 4) is 11.5 Å². The van der Waals surface area contributed by atoms with Crippen LogP contribution >= 0.6 is 0 Å². The molecule has 2 aromatic carbocycles. The molecule has 4 heteroatoms. The summed E-state index contributed by atoms with van der Waals surface area (Å²) in [7, 11) is 1.70. The van der Waals surface area contributed by atoms with E-state index in [1.165, 1.54) is 16.7 Å². The number of ether oxygens (including phenoxy) is 2. The summed E-state index contributed by atoms with van der Waals surface area (Å²) >= 11 is 0. The number of fused-ring (bicyclic) bond motifs is 2. The van der Waals surface area contributed by atoms with Crippen LogP contribution in [0.2, 0.25) is 0 Å². The lowest BCUT2D eigenvalue weighted by atomic mass is 9.96. The summed E-state index contributed by atoms with van der Waals surface area (Å²) in [6.07, 6.45) is 2.81. The first-order chi connectivity index (χ1) is 12.1. The third kappa shape index (κ3) is 3.00. The Morgan fingerprint density at radius 1 is 1.20 bits per heavy atom. The lowest BCUT2D eigenvalue weighted by molar-refractivity contribution is 0.165. The van der Waals surface area contributed by atoms with E-state index in [1.807, 2.05) is 6.07 Å². The lowest BCUT2D eigenvalue weighted by Gasteiger charge is -2.29. The van der Waals surface area contributed by atoms with E-state index in [0.717, 1.165) is 36.3 Å². The van der Waals surface area contributed by atoms with Crippen molar-refractivity contribution in [1.29, 1.82) is 0 Å². The molecule has 1 aliphatic carbocycles. The van der Waals surface area contributed by atoms with Gasteiger partial charge in [-0.1, -0.05) is 24.3 Å². The van der Waals surface area contributed by atoms with Gasteiger partial charge in [0.25, 0.3) is 0 Å². The average molecular weight is 339 g/mol. The van der Waals surface area contributed by atoms with Gasteiger partial charge in [0, 0.05) is 29.6 Å². The summed E-state index contributed by atoms with van der Waals surface area (Å²) in [4.78, 5) is 0. The second kappa shape index (κ2) is 6.36. The fourth-order valence-corrected chi connectivity index (χ4v) is 4.10. The predicted octanol–water partition coefficient (Wildman–Crippen LogP) is 2.64. The van der Waals surface area contributed by atoms with Crippen molar-refractivity contribution < 1.29 is 14.6 Å². The first-order valence-corrected chi connectivity index (χ1v) is 8.91. The van der Waals surface area contributed by atoms with Crippen LogP contribution in [0.3, 0.4) is 0 Å². The highest BCUT2D eigenvalue weighted by Gasteiger charge is 2.36. The maximum Gasteiger partial charge on any atom is 0.127 e. The van der Waals surface area contributed by atoms with Crippen molar-refractivity contribution >= 4 is 0 Å². The first kappa shape index (κ1) is 16.4. The minimum Gasteiger partial charge on any atom is -0.497 e. The Kier molecular flexibility index (Phi) is 4.18. The SMILES string of the molecule is COc1cc(CNC2(CO)Cc3ccccc3C2)c2c(c1)CC(C)O2. The third-order valence-corrected chi connectivity index (χ3v) is 5.41. The quantitative estimate of drug-likeness (QED) is 0.879. The average Bonchev–Trinajstić information content (AvgIpc) is 3.19. The second-order valence-corrected chi connectivity index (χ2v) is 7.32. The number of hydrogen-bond acceptors (Lipinski definition) is 4. The first-order valence-electron chi connectivity index (χ1n) is 8.91. The molecule has 0 saturated carbocycles. The fraction of sp³-hybridized carbons (Fsp3) is 0.429. The van der Waals surface area contributed by atoms with Crippen molar-refractivity contribution in [3.05, 3.63) is 58.7 Å². The minimum atomic E-state index is -0.302. The van der Waals surface area contributed by atoms with Gasteiger partial charge in [0.1, 0.15) is 17.6 Å². The standard InChI is InChI=1S/C21H25NO3/c1-14-7-17-8-19(24-2)9-18(20(17)25-14)12-22-21(13-23)10-15-5-3-4-6-16(15)11-21/h3-6,8-9,14,22-23H,7,10-13H2,1-2H3. The van der Waals surface area contributed by atoms with Gasteiger partial charge in [-0.15, -0.1) is 0 Å². The molecule has 0 spiro atoms. The van der Waals surface area contributed by atoms with Crippen molar-refractivity contribution in [2.45, 2.75) is 44.4 Å². The maximum absolute atomic E-state index is 10.1. The van der Waals surface area contributed by atoms with Gasteiger partial charge in [-0.2, -0.15) is 0 Å². The monoisotopic (exact) mass is 339 g/mol. The molecule has 25 heavy (non-hydrogen) atoms. The molecule has 0 aromatic heterocycles. The van der Waals surface area contributed by atoms with Gasteiger partial charge in [-0.3, -0.25) is 0 Å². The molecule has 4 rings (SSSR count). The van der Waals surface area contributed by atoms with Gasteiger partial charge >= 0.3 is 0 Å². The highest BCUT2D eigenvalue weighted by Crippen LogP contribution is 2.37. The van der Waals surface area contributed by atoms with Gasteiger partial charge in [0.2, 0.25) is 0 Å². The van der Waals surface area contributed by atoms with Crippen LogP contribution in [0, 0.1) is 0 Å². The fourth-order valence-electron chi connectivity index (χ4n) is 4.10. The predicted molar refractivity (Wildman–Crippen MR) is 97.3 cm³/mol. The largest absolute Gasteiger partial charge is 0.497 e. The summed E-state index contributed by atoms with van der Waals surface area (Å²) in [5.41, 5.74) is 4.65. The van der Waals surface area contributed by atoms with Crippen LogP contribution in [-0.2, 0) is 25.8 Å². The van der Waals surface area contributed by atoms with Crippen LogP contribution in [0.25, 0.3) is 0 Å². The highest BCUT2D eigenvalue weighted by atomic mass is 16.5. The van der Waals surface area contributed by atoms with Crippen LogP contribution in [0.1, 0.15) is 29.2 Å². The van der Waals surface area contributed by atoms with Crippen molar-refractivity contribution in [2.75, 3.05) is 13.7 Å². The Bertz CT molecular complexity index is 762. The minimum absolute atomic E-state index is 0.116. The van der Waals surface area contributed by atoms with Crippen molar-refractivity contribution in [2.24, 2.45) is 0 Å². The molecule has 4 nitrogen and oxygen atoms in total. The molecule has 0 saturated heterocycles. The molecular formula is C21H25NO3. The topological polar surface area (TPSA) is 50.7 Å². The highest BCUT2D eigenvalue weighted by molar-refractivity contribution is 5.50. The number of nitrogens with one attached hydrogen (secondary N) is 1. The molecule has 132 valence electrons. The molecule has 0 bridgehead atoms. The van der Waals surface area contributed by atoms with Gasteiger partial charge < -0.3 is 19.9 Å². The molecule has 1 atom stereocenters. The van der Waals surface area contributed by atoms with Gasteiger partial charge in [0.05, 0.1) is 13.7 Å². The molecule has 2 aromatic rings. The smallest absolute Gasteiger partial charge is 0.127 e. The van der Waals surface area contributed by atoms with Crippen molar-refractivity contribution in [1.82, 2.24) is 5.32 Å². The second-order valence-electron chi connectivity index (χ2n) is 7.32.